The molecule has 0 aliphatic heterocycles. The van der Waals surface area contributed by atoms with E-state index in [-0.39, 0.29) is 0 Å². The second kappa shape index (κ2) is 6.36. The lowest BCUT2D eigenvalue weighted by Gasteiger charge is -2.11. The van der Waals surface area contributed by atoms with Crippen LogP contribution in [0.25, 0.3) is 0 Å². The second-order valence-electron chi connectivity index (χ2n) is 4.16. The number of nitrogens with one attached hydrogen (secondary N) is 1. The molecule has 0 spiro atoms. The van der Waals surface area contributed by atoms with Gasteiger partial charge in [-0.05, 0) is 31.2 Å². The third kappa shape index (κ3) is 3.46. The first kappa shape index (κ1) is 14.3. The van der Waals surface area contributed by atoms with E-state index >= 15 is 0 Å². The Hall–Kier alpha value is -2.11. The van der Waals surface area contributed by atoms with Gasteiger partial charge < -0.3 is 14.6 Å². The molecule has 1 N–H and O–H groups in total. The van der Waals surface area contributed by atoms with E-state index in [2.05, 4.69) is 14.6 Å². The van der Waals surface area contributed by atoms with E-state index in [0.717, 1.165) is 18.3 Å². The summed E-state index contributed by atoms with van der Waals surface area (Å²) in [5, 5.41) is 3.04. The van der Waals surface area contributed by atoms with Crippen LogP contribution in [0.5, 0.6) is 5.75 Å². The van der Waals surface area contributed by atoms with Crippen molar-refractivity contribution in [2.75, 3.05) is 5.32 Å². The Morgan fingerprint density at radius 1 is 1.30 bits per heavy atom. The zero-order valence-corrected chi connectivity index (χ0v) is 10.9. The lowest BCUT2D eigenvalue weighted by molar-refractivity contribution is -0.0521. The molecule has 0 aliphatic rings. The summed E-state index contributed by atoms with van der Waals surface area (Å²) in [7, 11) is 0. The fourth-order valence-electron chi connectivity index (χ4n) is 1.91. The van der Waals surface area contributed by atoms with Gasteiger partial charge in [-0.1, -0.05) is 0 Å². The number of aryl methyl sites for hydroxylation is 1. The minimum atomic E-state index is -3.03. The molecule has 3 nitrogen and oxygen atoms in total. The van der Waals surface area contributed by atoms with Gasteiger partial charge in [0.05, 0.1) is 6.54 Å². The predicted octanol–water partition coefficient (Wildman–Crippen LogP) is 3.86. The van der Waals surface area contributed by atoms with Gasteiger partial charge in [-0.25, -0.2) is 4.39 Å². The Bertz CT molecular complexity index is 569. The average molecular weight is 284 g/mol. The van der Waals surface area contributed by atoms with Gasteiger partial charge in [-0.3, -0.25) is 0 Å². The van der Waals surface area contributed by atoms with E-state index in [1.807, 2.05) is 25.3 Å². The maximum Gasteiger partial charge on any atom is 0.387 e. The molecule has 6 heteroatoms. The third-order valence-electron chi connectivity index (χ3n) is 2.89. The van der Waals surface area contributed by atoms with Crippen LogP contribution in [0.1, 0.15) is 12.6 Å². The number of hydrogen-bond acceptors (Lipinski definition) is 2. The van der Waals surface area contributed by atoms with Crippen LogP contribution < -0.4 is 10.1 Å². The summed E-state index contributed by atoms with van der Waals surface area (Å²) in [6, 6.07) is 7.71. The van der Waals surface area contributed by atoms with Gasteiger partial charge in [0.25, 0.3) is 0 Å². The average Bonchev–Trinajstić information content (AvgIpc) is 2.86. The summed E-state index contributed by atoms with van der Waals surface area (Å²) in [5.74, 6) is -1.27. The molecule has 20 heavy (non-hydrogen) atoms. The van der Waals surface area contributed by atoms with Gasteiger partial charge in [0.15, 0.2) is 11.6 Å². The molecule has 1 aromatic carbocycles. The number of hydrogen-bond donors (Lipinski definition) is 1. The van der Waals surface area contributed by atoms with Crippen molar-refractivity contribution in [3.63, 3.8) is 0 Å². The van der Waals surface area contributed by atoms with Crippen molar-refractivity contribution in [2.24, 2.45) is 0 Å². The van der Waals surface area contributed by atoms with Crippen molar-refractivity contribution in [2.45, 2.75) is 26.6 Å². The first-order valence-electron chi connectivity index (χ1n) is 6.22. The van der Waals surface area contributed by atoms with Gasteiger partial charge in [-0.15, -0.1) is 0 Å². The Kier molecular flexibility index (Phi) is 4.55. The van der Waals surface area contributed by atoms with Crippen LogP contribution in [0.15, 0.2) is 36.5 Å². The summed E-state index contributed by atoms with van der Waals surface area (Å²) < 4.78 is 43.6. The van der Waals surface area contributed by atoms with Crippen molar-refractivity contribution >= 4 is 5.69 Å². The van der Waals surface area contributed by atoms with E-state index in [1.165, 1.54) is 12.1 Å². The maximum absolute atomic E-state index is 13.5. The van der Waals surface area contributed by atoms with Crippen LogP contribution in [-0.4, -0.2) is 11.2 Å². The predicted molar refractivity (Wildman–Crippen MR) is 70.5 cm³/mol. The van der Waals surface area contributed by atoms with Crippen LogP contribution in [0.2, 0.25) is 0 Å². The summed E-state index contributed by atoms with van der Waals surface area (Å²) in [4.78, 5) is 0. The van der Waals surface area contributed by atoms with Crippen LogP contribution >= 0.6 is 0 Å². The molecule has 0 radical (unpaired) electrons. The van der Waals surface area contributed by atoms with Crippen molar-refractivity contribution in [3.05, 3.63) is 48.0 Å². The SMILES string of the molecule is CCn1cccc1CNc1ccc(OC(F)F)c(F)c1. The first-order chi connectivity index (χ1) is 9.60. The zero-order chi connectivity index (χ0) is 14.5. The Morgan fingerprint density at radius 2 is 2.10 bits per heavy atom. The Balaban J connectivity index is 2.02. The van der Waals surface area contributed by atoms with Crippen molar-refractivity contribution < 1.29 is 17.9 Å². The molecule has 1 heterocycles. The van der Waals surface area contributed by atoms with Crippen molar-refractivity contribution in [3.8, 4) is 5.75 Å². The van der Waals surface area contributed by atoms with E-state index < -0.39 is 18.2 Å². The van der Waals surface area contributed by atoms with Gasteiger partial charge in [0.1, 0.15) is 0 Å². The van der Waals surface area contributed by atoms with E-state index in [4.69, 9.17) is 0 Å². The lowest BCUT2D eigenvalue weighted by atomic mass is 10.3. The number of halogens is 3. The Labute approximate surface area is 115 Å². The largest absolute Gasteiger partial charge is 0.432 e. The molecule has 0 bridgehead atoms. The second-order valence-corrected chi connectivity index (χ2v) is 4.16. The minimum absolute atomic E-state index is 0.456. The highest BCUT2D eigenvalue weighted by molar-refractivity contribution is 5.47. The molecule has 0 unspecified atom stereocenters. The molecule has 0 saturated carbocycles. The summed E-state index contributed by atoms with van der Waals surface area (Å²) in [6.07, 6.45) is 1.96. The van der Waals surface area contributed by atoms with Gasteiger partial charge in [0.2, 0.25) is 0 Å². The highest BCUT2D eigenvalue weighted by Crippen LogP contribution is 2.23. The van der Waals surface area contributed by atoms with Crippen molar-refractivity contribution in [1.29, 1.82) is 0 Å². The van der Waals surface area contributed by atoms with Crippen LogP contribution in [0.4, 0.5) is 18.9 Å². The topological polar surface area (TPSA) is 26.2 Å². The van der Waals surface area contributed by atoms with E-state index in [9.17, 15) is 13.2 Å². The van der Waals surface area contributed by atoms with Gasteiger partial charge in [0, 0.05) is 30.2 Å². The molecule has 0 saturated heterocycles. The molecule has 0 aliphatic carbocycles. The number of benzene rings is 1. The van der Waals surface area contributed by atoms with Crippen LogP contribution in [-0.2, 0) is 13.1 Å². The number of aromatic nitrogens is 1. The fraction of sp³-hybridized carbons (Fsp3) is 0.286. The Morgan fingerprint density at radius 3 is 2.75 bits per heavy atom. The monoisotopic (exact) mass is 284 g/mol. The number of ether oxygens (including phenoxy) is 1. The normalized spacial score (nSPS) is 10.8. The minimum Gasteiger partial charge on any atom is -0.432 e. The molecule has 0 amide bonds. The van der Waals surface area contributed by atoms with Crippen molar-refractivity contribution in [1.82, 2.24) is 4.57 Å². The zero-order valence-electron chi connectivity index (χ0n) is 10.9. The highest BCUT2D eigenvalue weighted by atomic mass is 19.3. The number of rotatable bonds is 6. The molecule has 108 valence electrons. The maximum atomic E-state index is 13.5. The standard InChI is InChI=1S/C14H15F3N2O/c1-2-19-7-3-4-11(19)9-18-10-5-6-13(12(15)8-10)20-14(16)17/h3-8,14,18H,2,9H2,1H3. The van der Waals surface area contributed by atoms with Gasteiger partial charge >= 0.3 is 6.61 Å². The summed E-state index contributed by atoms with van der Waals surface area (Å²) >= 11 is 0. The third-order valence-corrected chi connectivity index (χ3v) is 2.89. The summed E-state index contributed by atoms with van der Waals surface area (Å²) in [5.41, 5.74) is 1.56. The molecule has 1 aromatic heterocycles. The van der Waals surface area contributed by atoms with Crippen LogP contribution in [0, 0.1) is 5.82 Å². The van der Waals surface area contributed by atoms with E-state index in [1.54, 1.807) is 0 Å². The van der Waals surface area contributed by atoms with Gasteiger partial charge in [-0.2, -0.15) is 8.78 Å². The lowest BCUT2D eigenvalue weighted by Crippen LogP contribution is -2.07. The molecule has 0 atom stereocenters. The molecule has 0 fully saturated rings. The number of nitrogens with zero attached hydrogens (tertiary/aromatic N) is 1. The first-order valence-corrected chi connectivity index (χ1v) is 6.22. The van der Waals surface area contributed by atoms with E-state index in [0.29, 0.717) is 12.2 Å². The summed E-state index contributed by atoms with van der Waals surface area (Å²) in [6.45, 7) is 0.366. The quantitative estimate of drug-likeness (QED) is 0.871. The fourth-order valence-corrected chi connectivity index (χ4v) is 1.91. The molecular formula is C14H15F3N2O. The molecule has 2 aromatic rings. The highest BCUT2D eigenvalue weighted by Gasteiger charge is 2.10. The van der Waals surface area contributed by atoms with Crippen LogP contribution in [0.3, 0.4) is 0 Å². The molecular weight excluding hydrogens is 269 g/mol. The smallest absolute Gasteiger partial charge is 0.387 e. The molecule has 2 rings (SSSR count). The number of anilines is 1. The number of alkyl halides is 2.